The van der Waals surface area contributed by atoms with E-state index in [9.17, 15) is 24.0 Å². The first-order valence-corrected chi connectivity index (χ1v) is 14.2. The van der Waals surface area contributed by atoms with Crippen molar-refractivity contribution in [1.82, 2.24) is 0 Å². The van der Waals surface area contributed by atoms with E-state index in [0.29, 0.717) is 11.4 Å². The molecule has 1 saturated carbocycles. The number of rotatable bonds is 4. The van der Waals surface area contributed by atoms with Crippen molar-refractivity contribution in [3.8, 4) is 0 Å². The summed E-state index contributed by atoms with van der Waals surface area (Å²) in [7, 11) is 0. The van der Waals surface area contributed by atoms with E-state index in [1.165, 1.54) is 9.80 Å². The van der Waals surface area contributed by atoms with E-state index in [1.54, 1.807) is 13.0 Å². The monoisotopic (exact) mass is 554 g/mol. The molecule has 0 radical (unpaired) electrons. The maximum Gasteiger partial charge on any atom is 0.334 e. The number of esters is 1. The van der Waals surface area contributed by atoms with Crippen molar-refractivity contribution in [3.05, 3.63) is 69.3 Å². The molecule has 3 aliphatic carbocycles. The fraction of sp³-hybridized carbons (Fsp3) is 0.424. The Morgan fingerprint density at radius 1 is 0.634 bits per heavy atom. The van der Waals surface area contributed by atoms with Crippen LogP contribution < -0.4 is 9.80 Å². The van der Waals surface area contributed by atoms with Crippen LogP contribution in [0.5, 0.6) is 0 Å². The lowest BCUT2D eigenvalue weighted by Crippen LogP contribution is -2.53. The fourth-order valence-corrected chi connectivity index (χ4v) is 8.26. The smallest absolute Gasteiger partial charge is 0.334 e. The second-order valence-electron chi connectivity index (χ2n) is 12.1. The number of carbonyl (C=O) groups is 5. The number of carbonyl (C=O) groups excluding carboxylic acids is 5. The summed E-state index contributed by atoms with van der Waals surface area (Å²) in [5, 5.41) is 0. The first kappa shape index (κ1) is 27.1. The zero-order valence-electron chi connectivity index (χ0n) is 24.4. The summed E-state index contributed by atoms with van der Waals surface area (Å²) in [6.07, 6.45) is 1.65. The highest BCUT2D eigenvalue weighted by molar-refractivity contribution is 6.27. The van der Waals surface area contributed by atoms with Crippen molar-refractivity contribution < 1.29 is 28.7 Å². The lowest BCUT2D eigenvalue weighted by molar-refractivity contribution is -0.146. The van der Waals surface area contributed by atoms with Gasteiger partial charge in [0.2, 0.25) is 23.6 Å². The number of benzene rings is 2. The molecule has 0 spiro atoms. The summed E-state index contributed by atoms with van der Waals surface area (Å²) in [4.78, 5) is 72.5. The van der Waals surface area contributed by atoms with Gasteiger partial charge in [0.25, 0.3) is 0 Å². The van der Waals surface area contributed by atoms with Crippen LogP contribution >= 0.6 is 0 Å². The lowest BCUT2D eigenvalue weighted by atomic mass is 9.52. The van der Waals surface area contributed by atoms with E-state index in [2.05, 4.69) is 0 Å². The number of amides is 4. The van der Waals surface area contributed by atoms with Gasteiger partial charge in [-0.3, -0.25) is 19.2 Å². The first-order valence-electron chi connectivity index (χ1n) is 14.2. The molecule has 6 atom stereocenters. The first-order chi connectivity index (χ1) is 19.4. The Labute approximate surface area is 239 Å². The molecule has 4 amide bonds. The zero-order valence-corrected chi connectivity index (χ0v) is 24.4. The van der Waals surface area contributed by atoms with Gasteiger partial charge in [0.05, 0.1) is 41.7 Å². The van der Waals surface area contributed by atoms with Crippen LogP contribution in [0.1, 0.15) is 40.3 Å². The Balaban J connectivity index is 1.50. The number of nitrogens with zero attached hydrogens (tertiary/aromatic N) is 2. The largest absolute Gasteiger partial charge is 0.463 e. The third-order valence-electron chi connectivity index (χ3n) is 9.36. The summed E-state index contributed by atoms with van der Waals surface area (Å²) in [6.45, 7) is 13.2. The highest BCUT2D eigenvalue weighted by atomic mass is 16.5. The zero-order chi connectivity index (χ0) is 29.7. The van der Waals surface area contributed by atoms with E-state index in [-0.39, 0.29) is 24.0 Å². The van der Waals surface area contributed by atoms with Gasteiger partial charge in [0.15, 0.2) is 0 Å². The van der Waals surface area contributed by atoms with Crippen LogP contribution in [0.4, 0.5) is 11.4 Å². The molecule has 8 heteroatoms. The SMILES string of the molecule is CCOC(=O)C1=CC2[C@H]3C(=O)N(c4c(C)cc(C)cc4C)C(=O)[C@@H]3C1[C@H]1C(=O)N(c3c(C)cc(C)cc3C)C(=O)[C@@H]21. The molecule has 5 aliphatic rings. The molecule has 7 rings (SSSR count). The van der Waals surface area contributed by atoms with Gasteiger partial charge in [-0.05, 0) is 70.7 Å². The Hall–Kier alpha value is -4.07. The van der Waals surface area contributed by atoms with Crippen molar-refractivity contribution in [2.45, 2.75) is 48.5 Å². The summed E-state index contributed by atoms with van der Waals surface area (Å²) >= 11 is 0. The van der Waals surface area contributed by atoms with E-state index < -0.39 is 53.3 Å². The number of imide groups is 2. The average molecular weight is 555 g/mol. The molecule has 2 heterocycles. The van der Waals surface area contributed by atoms with Crippen molar-refractivity contribution in [2.75, 3.05) is 16.4 Å². The average Bonchev–Trinajstić information content (AvgIpc) is 3.30. The summed E-state index contributed by atoms with van der Waals surface area (Å²) < 4.78 is 5.35. The Morgan fingerprint density at radius 2 is 1.00 bits per heavy atom. The van der Waals surface area contributed by atoms with Crippen molar-refractivity contribution in [2.24, 2.45) is 35.5 Å². The standard InChI is InChI=1S/C33H34N2O6/c1-8-41-33(40)21-13-20-23-25(31(38)34(29(23)36)27-16(4)9-14(2)10-17(27)5)22(21)26-24(20)30(37)35(32(26)39)28-18(6)11-15(3)12-19(28)7/h9-13,20,22-26H,8H2,1-7H3/t20?,22?,23-,24+,25-,26-/m1/s1. The van der Waals surface area contributed by atoms with Gasteiger partial charge in [-0.25, -0.2) is 14.6 Å². The van der Waals surface area contributed by atoms with Crippen molar-refractivity contribution in [1.29, 1.82) is 0 Å². The Kier molecular flexibility index (Phi) is 6.10. The quantitative estimate of drug-likeness (QED) is 0.415. The molecule has 3 fully saturated rings. The third-order valence-corrected chi connectivity index (χ3v) is 9.36. The van der Waals surface area contributed by atoms with Crippen molar-refractivity contribution >= 4 is 41.0 Å². The minimum Gasteiger partial charge on any atom is -0.463 e. The molecule has 2 saturated heterocycles. The van der Waals surface area contributed by atoms with Crippen LogP contribution in [-0.2, 0) is 28.7 Å². The highest BCUT2D eigenvalue weighted by Gasteiger charge is 2.71. The Bertz CT molecular complexity index is 1470. The van der Waals surface area contributed by atoms with Crippen LogP contribution in [0.3, 0.4) is 0 Å². The third kappa shape index (κ3) is 3.62. The molecule has 2 aromatic rings. The molecule has 2 aromatic carbocycles. The summed E-state index contributed by atoms with van der Waals surface area (Å²) in [5.74, 6) is -7.52. The van der Waals surface area contributed by atoms with Gasteiger partial charge < -0.3 is 4.74 Å². The van der Waals surface area contributed by atoms with Gasteiger partial charge in [-0.15, -0.1) is 0 Å². The minimum absolute atomic E-state index is 0.122. The molecule has 0 aromatic heterocycles. The molecule has 212 valence electrons. The maximum atomic E-state index is 14.2. The molecular weight excluding hydrogens is 520 g/mol. The summed E-state index contributed by atoms with van der Waals surface area (Å²) in [5.41, 5.74) is 6.48. The number of hydrogen-bond donors (Lipinski definition) is 0. The molecule has 0 N–H and O–H groups in total. The van der Waals surface area contributed by atoms with Gasteiger partial charge in [-0.1, -0.05) is 41.5 Å². The summed E-state index contributed by atoms with van der Waals surface area (Å²) in [6, 6.07) is 7.70. The van der Waals surface area contributed by atoms with Gasteiger partial charge in [0, 0.05) is 17.4 Å². The van der Waals surface area contributed by atoms with Crippen LogP contribution in [0, 0.1) is 77.0 Å². The van der Waals surface area contributed by atoms with Gasteiger partial charge in [0.1, 0.15) is 0 Å². The predicted octanol–water partition coefficient (Wildman–Crippen LogP) is 4.20. The van der Waals surface area contributed by atoms with Crippen molar-refractivity contribution in [3.63, 3.8) is 0 Å². The molecule has 2 aliphatic heterocycles. The number of anilines is 2. The molecule has 41 heavy (non-hydrogen) atoms. The van der Waals surface area contributed by atoms with Crippen LogP contribution in [0.15, 0.2) is 35.9 Å². The molecule has 8 nitrogen and oxygen atoms in total. The highest BCUT2D eigenvalue weighted by Crippen LogP contribution is 2.61. The maximum absolute atomic E-state index is 14.2. The number of allylic oxidation sites excluding steroid dienone is 1. The van der Waals surface area contributed by atoms with Gasteiger partial charge >= 0.3 is 5.97 Å². The second-order valence-corrected chi connectivity index (χ2v) is 12.1. The van der Waals surface area contributed by atoms with Gasteiger partial charge in [-0.2, -0.15) is 0 Å². The fourth-order valence-electron chi connectivity index (χ4n) is 8.26. The van der Waals surface area contributed by atoms with E-state index in [0.717, 1.165) is 33.4 Å². The number of hydrogen-bond acceptors (Lipinski definition) is 6. The predicted molar refractivity (Wildman–Crippen MR) is 152 cm³/mol. The minimum atomic E-state index is -0.936. The van der Waals surface area contributed by atoms with E-state index >= 15 is 0 Å². The molecule has 2 unspecified atom stereocenters. The van der Waals surface area contributed by atoms with E-state index in [1.807, 2.05) is 65.8 Å². The van der Waals surface area contributed by atoms with E-state index in [4.69, 9.17) is 4.74 Å². The molecule has 2 bridgehead atoms. The topological polar surface area (TPSA) is 101 Å². The lowest BCUT2D eigenvalue weighted by Gasteiger charge is -2.46. The number of ether oxygens (including phenoxy) is 1. The number of aryl methyl sites for hydroxylation is 6. The van der Waals surface area contributed by atoms with Crippen LogP contribution in [0.25, 0.3) is 0 Å². The molecular formula is C33H34N2O6. The normalized spacial score (nSPS) is 28.3. The van der Waals surface area contributed by atoms with Crippen LogP contribution in [0.2, 0.25) is 0 Å². The second kappa shape index (κ2) is 9.23. The van der Waals surface area contributed by atoms with Crippen LogP contribution in [-0.4, -0.2) is 36.2 Å². The Morgan fingerprint density at radius 3 is 1.37 bits per heavy atom.